The zero-order chi connectivity index (χ0) is 7.49. The van der Waals surface area contributed by atoms with Gasteiger partial charge < -0.3 is 19.4 Å². The second-order valence-corrected chi connectivity index (χ2v) is 2.50. The molecular weight excluding hydrogens is 147 g/mol. The fraction of sp³-hybridized carbons (Fsp3) is 0.333. The lowest BCUT2D eigenvalue weighted by molar-refractivity contribution is -0.219. The number of phosphoric ester groups is 1. The van der Waals surface area contributed by atoms with Crippen LogP contribution in [0.5, 0.6) is 0 Å². The number of aliphatic hydroxyl groups is 1. The second kappa shape index (κ2) is 2.98. The third-order valence-corrected chi connectivity index (χ3v) is 0.850. The second-order valence-electron chi connectivity index (χ2n) is 1.31. The third kappa shape index (κ3) is 7.65. The van der Waals surface area contributed by atoms with E-state index in [9.17, 15) is 9.46 Å². The van der Waals surface area contributed by atoms with Gasteiger partial charge in [-0.3, -0.25) is 4.57 Å². The van der Waals surface area contributed by atoms with Gasteiger partial charge in [0.15, 0.2) is 0 Å². The molecule has 0 saturated heterocycles. The Balaban J connectivity index is 3.53. The molecule has 2 N–H and O–H groups in total. The van der Waals surface area contributed by atoms with Gasteiger partial charge in [0, 0.05) is 0 Å². The van der Waals surface area contributed by atoms with Crippen molar-refractivity contribution in [2.24, 2.45) is 0 Å². The molecule has 1 unspecified atom stereocenters. The zero-order valence-corrected chi connectivity index (χ0v) is 5.38. The molecule has 0 bridgehead atoms. The van der Waals surface area contributed by atoms with Crippen molar-refractivity contribution in [1.29, 1.82) is 0 Å². The summed E-state index contributed by atoms with van der Waals surface area (Å²) in [7, 11) is -4.69. The van der Waals surface area contributed by atoms with Crippen LogP contribution in [0.2, 0.25) is 0 Å². The number of rotatable bonds is 3. The van der Waals surface area contributed by atoms with E-state index < -0.39 is 20.2 Å². The maximum atomic E-state index is 9.74. The van der Waals surface area contributed by atoms with Crippen molar-refractivity contribution in [2.45, 2.75) is 0 Å². The third-order valence-electron chi connectivity index (χ3n) is 0.394. The van der Waals surface area contributed by atoms with Crippen molar-refractivity contribution in [3.05, 3.63) is 12.3 Å². The SMILES string of the molecule is C=C(O)COP(=O)([O-])O. The summed E-state index contributed by atoms with van der Waals surface area (Å²) in [6.45, 7) is 2.32. The molecule has 0 radical (unpaired) electrons. The molecule has 0 amide bonds. The number of hydrogen-bond acceptors (Lipinski definition) is 4. The molecule has 0 fully saturated rings. The maximum absolute atomic E-state index is 9.74. The first-order chi connectivity index (χ1) is 3.92. The summed E-state index contributed by atoms with van der Waals surface area (Å²) in [5.74, 6) is -0.458. The molecule has 0 aromatic carbocycles. The average Bonchev–Trinajstić information content (AvgIpc) is 1.59. The van der Waals surface area contributed by atoms with Gasteiger partial charge in [-0.2, -0.15) is 0 Å². The summed E-state index contributed by atoms with van der Waals surface area (Å²) in [5.41, 5.74) is 0. The molecule has 5 nitrogen and oxygen atoms in total. The van der Waals surface area contributed by atoms with Crippen molar-refractivity contribution >= 4 is 7.82 Å². The van der Waals surface area contributed by atoms with Gasteiger partial charge in [0.1, 0.15) is 12.4 Å². The molecule has 1 atom stereocenters. The Morgan fingerprint density at radius 1 is 1.89 bits per heavy atom. The van der Waals surface area contributed by atoms with Gasteiger partial charge in [0.2, 0.25) is 0 Å². The Morgan fingerprint density at radius 3 is 2.44 bits per heavy atom. The largest absolute Gasteiger partial charge is 0.756 e. The molecule has 6 heteroatoms. The Kier molecular flexibility index (Phi) is 2.87. The molecule has 0 aliphatic rings. The lowest BCUT2D eigenvalue weighted by Gasteiger charge is -2.13. The Labute approximate surface area is 51.8 Å². The average molecular weight is 153 g/mol. The molecule has 54 valence electrons. The van der Waals surface area contributed by atoms with Crippen LogP contribution in [0.15, 0.2) is 12.3 Å². The first kappa shape index (κ1) is 8.65. The quantitative estimate of drug-likeness (QED) is 0.422. The summed E-state index contributed by atoms with van der Waals surface area (Å²) in [6.07, 6.45) is 0. The first-order valence-corrected chi connectivity index (χ1v) is 3.46. The molecular formula is C3H6O5P-. The van der Waals surface area contributed by atoms with Crippen LogP contribution in [-0.2, 0) is 9.09 Å². The summed E-state index contributed by atoms with van der Waals surface area (Å²) in [4.78, 5) is 17.6. The zero-order valence-electron chi connectivity index (χ0n) is 4.48. The lowest BCUT2D eigenvalue weighted by Crippen LogP contribution is -2.05. The summed E-state index contributed by atoms with van der Waals surface area (Å²) < 4.78 is 13.4. The van der Waals surface area contributed by atoms with Crippen molar-refractivity contribution in [3.63, 3.8) is 0 Å². The highest BCUT2D eigenvalue weighted by atomic mass is 31.2. The molecule has 0 heterocycles. The van der Waals surface area contributed by atoms with E-state index in [-0.39, 0.29) is 0 Å². The Bertz CT molecular complexity index is 146. The molecule has 0 aromatic rings. The van der Waals surface area contributed by atoms with Gasteiger partial charge in [-0.15, -0.1) is 0 Å². The van der Waals surface area contributed by atoms with Crippen LogP contribution in [0.1, 0.15) is 0 Å². The van der Waals surface area contributed by atoms with E-state index in [1.54, 1.807) is 0 Å². The van der Waals surface area contributed by atoms with Crippen LogP contribution in [0.4, 0.5) is 0 Å². The summed E-state index contributed by atoms with van der Waals surface area (Å²) in [6, 6.07) is 0. The maximum Gasteiger partial charge on any atom is 0.265 e. The van der Waals surface area contributed by atoms with Gasteiger partial charge in [0.25, 0.3) is 7.82 Å². The lowest BCUT2D eigenvalue weighted by atomic mass is 10.6. The minimum absolute atomic E-state index is 0.458. The van der Waals surface area contributed by atoms with Crippen LogP contribution in [0.25, 0.3) is 0 Å². The van der Waals surface area contributed by atoms with Crippen LogP contribution in [0.3, 0.4) is 0 Å². The van der Waals surface area contributed by atoms with Crippen molar-refractivity contribution in [1.82, 2.24) is 0 Å². The normalized spacial score (nSPS) is 16.7. The number of phosphoric acid groups is 1. The molecule has 0 aliphatic carbocycles. The van der Waals surface area contributed by atoms with Crippen molar-refractivity contribution < 1.29 is 24.0 Å². The summed E-state index contributed by atoms with van der Waals surface area (Å²) >= 11 is 0. The molecule has 9 heavy (non-hydrogen) atoms. The highest BCUT2D eigenvalue weighted by Crippen LogP contribution is 2.30. The topological polar surface area (TPSA) is 89.8 Å². The van der Waals surface area contributed by atoms with Crippen LogP contribution in [-0.4, -0.2) is 16.6 Å². The standard InChI is InChI=1S/C3H7O5P/c1-3(4)2-8-9(5,6)7/h4H,1-2H2,(H2,5,6,7)/p-1. The molecule has 0 aliphatic heterocycles. The minimum atomic E-state index is -4.69. The Morgan fingerprint density at radius 2 is 2.33 bits per heavy atom. The molecule has 0 spiro atoms. The predicted molar refractivity (Wildman–Crippen MR) is 27.5 cm³/mol. The van der Waals surface area contributed by atoms with E-state index in [0.29, 0.717) is 0 Å². The fourth-order valence-corrected chi connectivity index (χ4v) is 0.468. The van der Waals surface area contributed by atoms with E-state index in [0.717, 1.165) is 0 Å². The van der Waals surface area contributed by atoms with Crippen LogP contribution < -0.4 is 4.89 Å². The smallest absolute Gasteiger partial charge is 0.265 e. The van der Waals surface area contributed by atoms with Gasteiger partial charge in [-0.05, 0) is 0 Å². The summed E-state index contributed by atoms with van der Waals surface area (Å²) in [5, 5.41) is 8.23. The van der Waals surface area contributed by atoms with Gasteiger partial charge in [-0.25, -0.2) is 0 Å². The van der Waals surface area contributed by atoms with Crippen molar-refractivity contribution in [3.8, 4) is 0 Å². The molecule has 0 rings (SSSR count). The highest BCUT2D eigenvalue weighted by molar-refractivity contribution is 7.44. The monoisotopic (exact) mass is 153 g/mol. The van der Waals surface area contributed by atoms with E-state index in [1.807, 2.05) is 0 Å². The minimum Gasteiger partial charge on any atom is -0.756 e. The first-order valence-electron chi connectivity index (χ1n) is 1.97. The predicted octanol–water partition coefficient (Wildman–Crippen LogP) is -0.465. The Hall–Kier alpha value is -0.350. The van der Waals surface area contributed by atoms with E-state index >= 15 is 0 Å². The fourth-order valence-electron chi connectivity index (χ4n) is 0.156. The molecule has 0 saturated carbocycles. The van der Waals surface area contributed by atoms with E-state index in [2.05, 4.69) is 11.1 Å². The number of aliphatic hydroxyl groups excluding tert-OH is 1. The van der Waals surface area contributed by atoms with Gasteiger partial charge in [-0.1, -0.05) is 6.58 Å². The van der Waals surface area contributed by atoms with Crippen molar-refractivity contribution in [2.75, 3.05) is 6.61 Å². The van der Waals surface area contributed by atoms with Gasteiger partial charge >= 0.3 is 0 Å². The van der Waals surface area contributed by atoms with Gasteiger partial charge in [0.05, 0.1) is 0 Å². The number of hydrogen-bond donors (Lipinski definition) is 2. The molecule has 0 aromatic heterocycles. The highest BCUT2D eigenvalue weighted by Gasteiger charge is 2.00. The van der Waals surface area contributed by atoms with E-state index in [1.165, 1.54) is 0 Å². The van der Waals surface area contributed by atoms with E-state index in [4.69, 9.17) is 10.00 Å². The van der Waals surface area contributed by atoms with Crippen LogP contribution >= 0.6 is 7.82 Å². The van der Waals surface area contributed by atoms with Crippen LogP contribution in [0, 0.1) is 0 Å².